The molecule has 0 saturated carbocycles. The molecule has 156 valence electrons. The zero-order valence-corrected chi connectivity index (χ0v) is 17.6. The zero-order valence-electron chi connectivity index (χ0n) is 17.6. The Morgan fingerprint density at radius 1 is 0.968 bits per heavy atom. The van der Waals surface area contributed by atoms with Crippen LogP contribution in [0.25, 0.3) is 22.2 Å². The number of nitrogens with zero attached hydrogens (tertiary/aromatic N) is 1. The first kappa shape index (κ1) is 20.2. The van der Waals surface area contributed by atoms with Gasteiger partial charge in [0.1, 0.15) is 11.5 Å². The number of aromatic amines is 1. The van der Waals surface area contributed by atoms with E-state index in [1.807, 2.05) is 42.5 Å². The van der Waals surface area contributed by atoms with Crippen LogP contribution in [0.3, 0.4) is 0 Å². The highest BCUT2D eigenvalue weighted by molar-refractivity contribution is 6.07. The topological polar surface area (TPSA) is 75.7 Å². The number of fused-ring (bicyclic) bond motifs is 1. The number of hydrogen-bond acceptors (Lipinski definition) is 4. The van der Waals surface area contributed by atoms with Crippen molar-refractivity contribution in [3.8, 4) is 22.8 Å². The number of rotatable bonds is 6. The van der Waals surface area contributed by atoms with Gasteiger partial charge in [-0.1, -0.05) is 48.5 Å². The first-order valence-electron chi connectivity index (χ1n) is 9.84. The van der Waals surface area contributed by atoms with E-state index in [0.29, 0.717) is 17.1 Å². The van der Waals surface area contributed by atoms with Gasteiger partial charge in [-0.25, -0.2) is 5.43 Å². The van der Waals surface area contributed by atoms with Crippen molar-refractivity contribution in [2.45, 2.75) is 6.92 Å². The van der Waals surface area contributed by atoms with Crippen LogP contribution in [-0.2, 0) is 0 Å². The van der Waals surface area contributed by atoms with Gasteiger partial charge in [0.05, 0.1) is 26.1 Å². The van der Waals surface area contributed by atoms with Gasteiger partial charge in [-0.15, -0.1) is 0 Å². The minimum atomic E-state index is -0.356. The predicted octanol–water partition coefficient (Wildman–Crippen LogP) is 4.92. The summed E-state index contributed by atoms with van der Waals surface area (Å²) in [5, 5.41) is 5.28. The van der Waals surface area contributed by atoms with Gasteiger partial charge in [0.2, 0.25) is 0 Å². The molecule has 4 aromatic rings. The van der Waals surface area contributed by atoms with Gasteiger partial charge in [0.15, 0.2) is 0 Å². The number of nitrogens with one attached hydrogen (secondary N) is 2. The molecule has 0 bridgehead atoms. The van der Waals surface area contributed by atoms with E-state index in [2.05, 4.69) is 28.5 Å². The van der Waals surface area contributed by atoms with Crippen molar-refractivity contribution in [3.05, 3.63) is 83.4 Å². The van der Waals surface area contributed by atoms with E-state index in [-0.39, 0.29) is 5.91 Å². The Kier molecular flexibility index (Phi) is 5.71. The van der Waals surface area contributed by atoms with Gasteiger partial charge < -0.3 is 14.5 Å². The maximum absolute atomic E-state index is 12.6. The van der Waals surface area contributed by atoms with Gasteiger partial charge in [-0.05, 0) is 30.2 Å². The number of aryl methyl sites for hydroxylation is 1. The highest BCUT2D eigenvalue weighted by Crippen LogP contribution is 2.30. The molecular formula is C25H23N3O3. The number of amides is 1. The fourth-order valence-electron chi connectivity index (χ4n) is 3.51. The average molecular weight is 413 g/mol. The number of carbonyl (C=O) groups excluding carboxylic acids is 1. The van der Waals surface area contributed by atoms with Crippen LogP contribution in [0.15, 0.2) is 71.8 Å². The molecule has 3 aromatic carbocycles. The summed E-state index contributed by atoms with van der Waals surface area (Å²) in [6.45, 7) is 2.06. The van der Waals surface area contributed by atoms with Crippen LogP contribution in [0.1, 0.15) is 21.5 Å². The molecule has 0 unspecified atom stereocenters. The first-order chi connectivity index (χ1) is 15.1. The summed E-state index contributed by atoms with van der Waals surface area (Å²) in [5.74, 6) is 0.713. The molecule has 0 aliphatic heterocycles. The maximum Gasteiger partial charge on any atom is 0.271 e. The molecule has 4 rings (SSSR count). The SMILES string of the molecule is COc1cc(OC)cc(C(=O)N/N=C\c2c(-c3ccccc3)[nH]c3c(C)cccc23)c1. The summed E-state index contributed by atoms with van der Waals surface area (Å²) >= 11 is 0. The molecule has 0 radical (unpaired) electrons. The number of H-pyrrole nitrogens is 1. The lowest BCUT2D eigenvalue weighted by Gasteiger charge is -2.07. The zero-order chi connectivity index (χ0) is 21.8. The number of carbonyl (C=O) groups is 1. The fraction of sp³-hybridized carbons (Fsp3) is 0.120. The Bertz CT molecular complexity index is 1240. The van der Waals surface area contributed by atoms with Crippen molar-refractivity contribution < 1.29 is 14.3 Å². The number of hydrazone groups is 1. The van der Waals surface area contributed by atoms with Crippen LogP contribution in [0.2, 0.25) is 0 Å². The molecule has 1 aromatic heterocycles. The molecular weight excluding hydrogens is 390 g/mol. The average Bonchev–Trinajstić information content (AvgIpc) is 3.19. The van der Waals surface area contributed by atoms with Crippen LogP contribution < -0.4 is 14.9 Å². The van der Waals surface area contributed by atoms with Gasteiger partial charge in [0.25, 0.3) is 5.91 Å². The van der Waals surface area contributed by atoms with Gasteiger partial charge >= 0.3 is 0 Å². The third-order valence-corrected chi connectivity index (χ3v) is 5.12. The number of methoxy groups -OCH3 is 2. The van der Waals surface area contributed by atoms with Crippen LogP contribution >= 0.6 is 0 Å². The molecule has 6 heteroatoms. The Hall–Kier alpha value is -4.06. The van der Waals surface area contributed by atoms with Gasteiger partial charge in [0, 0.05) is 28.1 Å². The lowest BCUT2D eigenvalue weighted by atomic mass is 10.1. The van der Waals surface area contributed by atoms with Crippen molar-refractivity contribution in [2.75, 3.05) is 14.2 Å². The Balaban J connectivity index is 1.67. The molecule has 1 heterocycles. The molecule has 0 atom stereocenters. The minimum absolute atomic E-state index is 0.356. The van der Waals surface area contributed by atoms with E-state index < -0.39 is 0 Å². The summed E-state index contributed by atoms with van der Waals surface area (Å²) in [6.07, 6.45) is 1.68. The fourth-order valence-corrected chi connectivity index (χ4v) is 3.51. The summed E-state index contributed by atoms with van der Waals surface area (Å²) in [4.78, 5) is 16.1. The van der Waals surface area contributed by atoms with Crippen LogP contribution in [-0.4, -0.2) is 31.3 Å². The van der Waals surface area contributed by atoms with E-state index in [9.17, 15) is 4.79 Å². The van der Waals surface area contributed by atoms with Crippen LogP contribution in [0.4, 0.5) is 0 Å². The van der Waals surface area contributed by atoms with E-state index in [0.717, 1.165) is 33.3 Å². The maximum atomic E-state index is 12.6. The standard InChI is InChI=1S/C25H23N3O3/c1-16-8-7-11-21-22(24(27-23(16)21)17-9-5-4-6-10-17)15-26-28-25(29)18-12-19(30-2)14-20(13-18)31-3/h4-15,27H,1-3H3,(H,28,29)/b26-15-. The normalized spacial score (nSPS) is 11.1. The van der Waals surface area contributed by atoms with Gasteiger partial charge in [-0.2, -0.15) is 5.10 Å². The van der Waals surface area contributed by atoms with Crippen molar-refractivity contribution in [3.63, 3.8) is 0 Å². The predicted molar refractivity (Wildman–Crippen MR) is 123 cm³/mol. The largest absolute Gasteiger partial charge is 0.497 e. The number of benzene rings is 3. The molecule has 0 fully saturated rings. The van der Waals surface area contributed by atoms with E-state index in [1.165, 1.54) is 0 Å². The molecule has 0 saturated heterocycles. The lowest BCUT2D eigenvalue weighted by molar-refractivity contribution is 0.0954. The molecule has 2 N–H and O–H groups in total. The Labute approximate surface area is 180 Å². The van der Waals surface area contributed by atoms with Crippen molar-refractivity contribution in [2.24, 2.45) is 5.10 Å². The summed E-state index contributed by atoms with van der Waals surface area (Å²) in [6, 6.07) is 21.1. The number of para-hydroxylation sites is 1. The van der Waals surface area contributed by atoms with Gasteiger partial charge in [-0.3, -0.25) is 4.79 Å². The van der Waals surface area contributed by atoms with E-state index in [1.54, 1.807) is 38.6 Å². The highest BCUT2D eigenvalue weighted by Gasteiger charge is 2.13. The third kappa shape index (κ3) is 4.14. The summed E-state index contributed by atoms with van der Waals surface area (Å²) in [7, 11) is 3.08. The van der Waals surface area contributed by atoms with Crippen LogP contribution in [0.5, 0.6) is 11.5 Å². The van der Waals surface area contributed by atoms with Crippen molar-refractivity contribution in [1.82, 2.24) is 10.4 Å². The number of hydrogen-bond donors (Lipinski definition) is 2. The molecule has 0 spiro atoms. The van der Waals surface area contributed by atoms with E-state index in [4.69, 9.17) is 9.47 Å². The second-order valence-corrected chi connectivity index (χ2v) is 7.08. The lowest BCUT2D eigenvalue weighted by Crippen LogP contribution is -2.17. The van der Waals surface area contributed by atoms with Crippen LogP contribution in [0, 0.1) is 6.92 Å². The van der Waals surface area contributed by atoms with Crippen molar-refractivity contribution in [1.29, 1.82) is 0 Å². The third-order valence-electron chi connectivity index (χ3n) is 5.12. The minimum Gasteiger partial charge on any atom is -0.497 e. The summed E-state index contributed by atoms with van der Waals surface area (Å²) in [5.41, 5.74) is 8.09. The second-order valence-electron chi connectivity index (χ2n) is 7.08. The second kappa shape index (κ2) is 8.75. The Morgan fingerprint density at radius 2 is 1.68 bits per heavy atom. The Morgan fingerprint density at radius 3 is 2.35 bits per heavy atom. The summed E-state index contributed by atoms with van der Waals surface area (Å²) < 4.78 is 10.5. The quantitative estimate of drug-likeness (QED) is 0.348. The van der Waals surface area contributed by atoms with Crippen molar-refractivity contribution >= 4 is 23.0 Å². The van der Waals surface area contributed by atoms with E-state index >= 15 is 0 Å². The number of ether oxygens (including phenoxy) is 2. The molecule has 31 heavy (non-hydrogen) atoms. The molecule has 1 amide bonds. The molecule has 6 nitrogen and oxygen atoms in total. The molecule has 0 aliphatic carbocycles. The number of aromatic nitrogens is 1. The first-order valence-corrected chi connectivity index (χ1v) is 9.84. The highest BCUT2D eigenvalue weighted by atomic mass is 16.5. The smallest absolute Gasteiger partial charge is 0.271 e. The molecule has 0 aliphatic rings. The monoisotopic (exact) mass is 413 g/mol.